The van der Waals surface area contributed by atoms with Crippen LogP contribution in [0.4, 0.5) is 5.69 Å². The number of nitrogens with two attached hydrogens (primary N) is 2. The van der Waals surface area contributed by atoms with Crippen molar-refractivity contribution in [2.75, 3.05) is 4.90 Å². The Labute approximate surface area is 162 Å². The molecule has 1 aliphatic carbocycles. The second-order valence-electron chi connectivity index (χ2n) is 7.35. The van der Waals surface area contributed by atoms with E-state index in [1.165, 1.54) is 6.42 Å². The van der Waals surface area contributed by atoms with Gasteiger partial charge in [0.25, 0.3) is 0 Å². The molecule has 0 amide bonds. The molecule has 3 aromatic rings. The van der Waals surface area contributed by atoms with Gasteiger partial charge in [0.2, 0.25) is 11.9 Å². The largest absolute Gasteiger partial charge is 0.369 e. The molecule has 8 nitrogen and oxygen atoms in total. The molecule has 5 rings (SSSR count). The van der Waals surface area contributed by atoms with Crippen LogP contribution in [0.2, 0.25) is 0 Å². The zero-order chi connectivity index (χ0) is 19.1. The quantitative estimate of drug-likeness (QED) is 0.637. The summed E-state index contributed by atoms with van der Waals surface area (Å²) in [7, 11) is 0. The van der Waals surface area contributed by atoms with Crippen molar-refractivity contribution in [2.45, 2.75) is 37.8 Å². The molecule has 28 heavy (non-hydrogen) atoms. The van der Waals surface area contributed by atoms with Crippen molar-refractivity contribution >= 4 is 28.6 Å². The first-order chi connectivity index (χ1) is 13.6. The number of hydrogen-bond donors (Lipinski definition) is 3. The van der Waals surface area contributed by atoms with E-state index in [-0.39, 0.29) is 5.96 Å². The zero-order valence-electron chi connectivity index (χ0n) is 15.5. The number of aromatic amines is 1. The van der Waals surface area contributed by atoms with Crippen LogP contribution < -0.4 is 16.4 Å². The van der Waals surface area contributed by atoms with Gasteiger partial charge in [-0.15, -0.1) is 0 Å². The van der Waals surface area contributed by atoms with Crippen LogP contribution in [0.5, 0.6) is 0 Å². The minimum atomic E-state index is -0.450. The Bertz CT molecular complexity index is 1080. The number of nitrogens with one attached hydrogen (secondary N) is 1. The van der Waals surface area contributed by atoms with E-state index in [2.05, 4.69) is 26.0 Å². The van der Waals surface area contributed by atoms with Crippen LogP contribution in [-0.4, -0.2) is 32.5 Å². The SMILES string of the molecule is NC1=NC2(CCCCC2)N(c2ccc3nc(-c4cccnc4)[nH]c3c2)C(N)=N1. The maximum atomic E-state index is 6.33. The molecule has 5 N–H and O–H groups in total. The lowest BCUT2D eigenvalue weighted by Gasteiger charge is -2.45. The number of aliphatic imine (C=N–C) groups is 2. The summed E-state index contributed by atoms with van der Waals surface area (Å²) in [6.07, 6.45) is 8.75. The molecule has 0 bridgehead atoms. The molecule has 1 spiro atoms. The Balaban J connectivity index is 1.59. The molecule has 142 valence electrons. The second-order valence-corrected chi connectivity index (χ2v) is 7.35. The molecule has 0 unspecified atom stereocenters. The highest BCUT2D eigenvalue weighted by atomic mass is 15.4. The van der Waals surface area contributed by atoms with E-state index in [1.54, 1.807) is 12.4 Å². The van der Waals surface area contributed by atoms with Gasteiger partial charge in [0.1, 0.15) is 11.5 Å². The lowest BCUT2D eigenvalue weighted by molar-refractivity contribution is 0.305. The Morgan fingerprint density at radius 2 is 1.93 bits per heavy atom. The monoisotopic (exact) mass is 374 g/mol. The van der Waals surface area contributed by atoms with Crippen molar-refractivity contribution in [1.29, 1.82) is 0 Å². The summed E-state index contributed by atoms with van der Waals surface area (Å²) in [5, 5.41) is 0. The minimum Gasteiger partial charge on any atom is -0.369 e. The lowest BCUT2D eigenvalue weighted by Crippen LogP contribution is -2.58. The number of anilines is 1. The third kappa shape index (κ3) is 2.69. The summed E-state index contributed by atoms with van der Waals surface area (Å²) in [6.45, 7) is 0. The van der Waals surface area contributed by atoms with Gasteiger partial charge >= 0.3 is 0 Å². The minimum absolute atomic E-state index is 0.261. The lowest BCUT2D eigenvalue weighted by atomic mass is 9.87. The van der Waals surface area contributed by atoms with E-state index >= 15 is 0 Å². The fourth-order valence-electron chi connectivity index (χ4n) is 4.27. The Morgan fingerprint density at radius 1 is 1.07 bits per heavy atom. The highest BCUT2D eigenvalue weighted by Crippen LogP contribution is 2.40. The van der Waals surface area contributed by atoms with E-state index < -0.39 is 5.66 Å². The van der Waals surface area contributed by atoms with E-state index in [0.717, 1.165) is 53.8 Å². The van der Waals surface area contributed by atoms with Gasteiger partial charge in [-0.1, -0.05) is 6.42 Å². The first-order valence-electron chi connectivity index (χ1n) is 9.55. The summed E-state index contributed by atoms with van der Waals surface area (Å²) in [5.74, 6) is 1.44. The molecular formula is C20H22N8. The van der Waals surface area contributed by atoms with Crippen LogP contribution >= 0.6 is 0 Å². The molecule has 0 saturated heterocycles. The summed E-state index contributed by atoms with van der Waals surface area (Å²) >= 11 is 0. The number of fused-ring (bicyclic) bond motifs is 1. The fourth-order valence-corrected chi connectivity index (χ4v) is 4.27. The van der Waals surface area contributed by atoms with Gasteiger partial charge in [0.05, 0.1) is 11.0 Å². The molecule has 0 atom stereocenters. The number of hydrogen-bond acceptors (Lipinski definition) is 7. The molecule has 2 aromatic heterocycles. The molecule has 1 aliphatic heterocycles. The van der Waals surface area contributed by atoms with E-state index in [0.29, 0.717) is 5.96 Å². The van der Waals surface area contributed by atoms with Crippen molar-refractivity contribution in [3.63, 3.8) is 0 Å². The van der Waals surface area contributed by atoms with Crippen molar-refractivity contribution in [3.05, 3.63) is 42.7 Å². The van der Waals surface area contributed by atoms with E-state index in [9.17, 15) is 0 Å². The molecule has 1 fully saturated rings. The molecule has 2 aliphatic rings. The second kappa shape index (κ2) is 6.33. The molecule has 3 heterocycles. The number of H-pyrrole nitrogens is 1. The number of imidazole rings is 1. The summed E-state index contributed by atoms with van der Waals surface area (Å²) in [4.78, 5) is 23.2. The number of benzene rings is 1. The summed E-state index contributed by atoms with van der Waals surface area (Å²) < 4.78 is 0. The Kier molecular flexibility index (Phi) is 3.78. The topological polar surface area (TPSA) is 122 Å². The number of nitrogens with zero attached hydrogens (tertiary/aromatic N) is 5. The molecule has 0 radical (unpaired) electrons. The number of aromatic nitrogens is 3. The van der Waals surface area contributed by atoms with Crippen LogP contribution in [0.15, 0.2) is 52.7 Å². The maximum Gasteiger partial charge on any atom is 0.220 e. The first kappa shape index (κ1) is 16.7. The average molecular weight is 374 g/mol. The predicted octanol–water partition coefficient (Wildman–Crippen LogP) is 2.73. The molecular weight excluding hydrogens is 352 g/mol. The molecule has 1 aromatic carbocycles. The highest BCUT2D eigenvalue weighted by Gasteiger charge is 2.42. The van der Waals surface area contributed by atoms with Crippen LogP contribution in [0.3, 0.4) is 0 Å². The van der Waals surface area contributed by atoms with Gasteiger partial charge in [-0.05, 0) is 56.0 Å². The summed E-state index contributed by atoms with van der Waals surface area (Å²) in [6, 6.07) is 9.94. The van der Waals surface area contributed by atoms with Crippen molar-refractivity contribution in [2.24, 2.45) is 21.5 Å². The predicted molar refractivity (Wildman–Crippen MR) is 111 cm³/mol. The van der Waals surface area contributed by atoms with Crippen molar-refractivity contribution < 1.29 is 0 Å². The van der Waals surface area contributed by atoms with Crippen molar-refractivity contribution in [1.82, 2.24) is 15.0 Å². The van der Waals surface area contributed by atoms with E-state index in [4.69, 9.17) is 16.5 Å². The van der Waals surface area contributed by atoms with Gasteiger partial charge in [-0.3, -0.25) is 9.88 Å². The highest BCUT2D eigenvalue weighted by molar-refractivity contribution is 6.06. The third-order valence-electron chi connectivity index (χ3n) is 5.51. The summed E-state index contributed by atoms with van der Waals surface area (Å²) in [5.41, 5.74) is 15.5. The number of guanidine groups is 2. The molecule has 8 heteroatoms. The average Bonchev–Trinajstić information content (AvgIpc) is 3.12. The van der Waals surface area contributed by atoms with Crippen LogP contribution in [0, 0.1) is 0 Å². The normalized spacial score (nSPS) is 18.9. The van der Waals surface area contributed by atoms with Gasteiger partial charge in [-0.2, -0.15) is 4.99 Å². The van der Waals surface area contributed by atoms with Gasteiger partial charge in [0, 0.05) is 23.6 Å². The third-order valence-corrected chi connectivity index (χ3v) is 5.51. The fraction of sp³-hybridized carbons (Fsp3) is 0.300. The standard InChI is InChI=1S/C20H22N8/c21-18-26-19(22)28(20(27-18)8-2-1-3-9-20)14-6-7-15-16(11-14)25-17(24-15)13-5-4-10-23-12-13/h4-7,10-12H,1-3,8-9H2,(H,24,25)(H4,21,22,26,27). The number of pyridine rings is 1. The van der Waals surface area contributed by atoms with Crippen molar-refractivity contribution in [3.8, 4) is 11.4 Å². The van der Waals surface area contributed by atoms with Crippen LogP contribution in [-0.2, 0) is 0 Å². The smallest absolute Gasteiger partial charge is 0.220 e. The molecule has 1 saturated carbocycles. The first-order valence-corrected chi connectivity index (χ1v) is 9.55. The van der Waals surface area contributed by atoms with Gasteiger partial charge in [-0.25, -0.2) is 9.98 Å². The number of rotatable bonds is 2. The maximum absolute atomic E-state index is 6.33. The Hall–Kier alpha value is -3.42. The Morgan fingerprint density at radius 3 is 2.71 bits per heavy atom. The van der Waals surface area contributed by atoms with E-state index in [1.807, 2.05) is 29.2 Å². The zero-order valence-corrected chi connectivity index (χ0v) is 15.5. The van der Waals surface area contributed by atoms with Crippen LogP contribution in [0.25, 0.3) is 22.4 Å². The van der Waals surface area contributed by atoms with Gasteiger partial charge < -0.3 is 16.5 Å². The van der Waals surface area contributed by atoms with Gasteiger partial charge in [0.15, 0.2) is 0 Å². The van der Waals surface area contributed by atoms with Crippen LogP contribution in [0.1, 0.15) is 32.1 Å².